The number of Topliss-reactive ketones (excluding diaryl/α,β-unsaturated/α-hetero) is 2. The van der Waals surface area contributed by atoms with Crippen LogP contribution in [0.5, 0.6) is 0 Å². The van der Waals surface area contributed by atoms with E-state index >= 15 is 0 Å². The number of carbonyl (C=O) groups excluding carboxylic acids is 10. The molecule has 0 spiro atoms. The van der Waals surface area contributed by atoms with E-state index in [2.05, 4.69) is 20.7 Å². The maximum absolute atomic E-state index is 13.4. The summed E-state index contributed by atoms with van der Waals surface area (Å²) in [6.07, 6.45) is 2.79. The molecule has 0 unspecified atom stereocenters. The first-order valence-corrected chi connectivity index (χ1v) is 32.3. The Morgan fingerprint density at radius 2 is 0.838 bits per heavy atom. The molecule has 30 heteroatoms. The Bertz CT molecular complexity index is 4820. The van der Waals surface area contributed by atoms with Crippen LogP contribution in [0.1, 0.15) is 183 Å². The predicted octanol–water partition coefficient (Wildman–Crippen LogP) is 13.3. The second kappa shape index (κ2) is 39.7. The van der Waals surface area contributed by atoms with Crippen LogP contribution in [0.15, 0.2) is 89.5 Å². The van der Waals surface area contributed by atoms with Gasteiger partial charge in [-0.1, -0.05) is 11.6 Å². The lowest BCUT2D eigenvalue weighted by Crippen LogP contribution is -2.19. The van der Waals surface area contributed by atoms with Crippen molar-refractivity contribution in [3.8, 4) is 18.2 Å². The molecular weight excluding hydrogens is 1390 g/mol. The van der Waals surface area contributed by atoms with E-state index in [1.807, 2.05) is 92.3 Å². The lowest BCUT2D eigenvalue weighted by atomic mass is 10.1. The van der Waals surface area contributed by atoms with Gasteiger partial charge in [-0.05, 0) is 203 Å². The van der Waals surface area contributed by atoms with E-state index in [0.717, 1.165) is 58.3 Å². The first kappa shape index (κ1) is 83.2. The van der Waals surface area contributed by atoms with Crippen molar-refractivity contribution < 1.29 is 100 Å². The monoisotopic (exact) mass is 1490 g/mol. The lowest BCUT2D eigenvalue weighted by Gasteiger charge is -2.08. The maximum atomic E-state index is 13.4. The predicted molar refractivity (Wildman–Crippen MR) is 391 cm³/mol. The van der Waals surface area contributed by atoms with Gasteiger partial charge in [-0.3, -0.25) is 28.8 Å². The standard InChI is InChI=1S/C19H18FN3O4.C17H14FN3O4.C15H14FN3O.C10H15NO2.C10H14O2.C4H5ClO3.5H2/c1-5-27-19(26)17(24)15-10(2)16(23(4)11(15)3)18(25)22-13-6-7-14(20)12(8-13)9-21;1-8-13(15(22)17(24)25)9(2)21(3)14(8)16(23)20-11-4-5-12(18)10(6-11)7-19;1-9-6-10(2)19(3)14(9)15(20)18-12-4-5-13(16)11(7-12)8-17;1-5-13-10(12)9-7(2)6-8(3)11(9)4;1-4-12-10(11)9-6-7(2)5-8(9)3;1-2-8-4(7)3(5)6;;;;;/h6-8H,5H2,1-4H3,(H,22,25);4-6H,1-3H3,(H,20,23)(H,24,25);4-7H,1-3H3,(H,18,20);6H,5H2,1-4H3;5H,4,6H2,1-3H3;2H2,1H3;5*1H/i;;;;;;2*1+1D;3*1+1. The zero-order chi connectivity index (χ0) is 83.8. The number of ketones is 2. The van der Waals surface area contributed by atoms with Crippen molar-refractivity contribution in [3.05, 3.63) is 203 Å². The third-order valence-corrected chi connectivity index (χ3v) is 16.0. The summed E-state index contributed by atoms with van der Waals surface area (Å²) in [5, 5.41) is 42.1. The number of hydrogen-bond donors (Lipinski definition) is 4. The summed E-state index contributed by atoms with van der Waals surface area (Å²) in [5.74, 6) is -9.37. The average Bonchev–Trinajstić information content (AvgIpc) is 1.65. The number of esters is 4. The van der Waals surface area contributed by atoms with Crippen molar-refractivity contribution in [3.63, 3.8) is 0 Å². The zero-order valence-electron chi connectivity index (χ0n) is 65.2. The largest absolute Gasteiger partial charge is 0.475 e. The van der Waals surface area contributed by atoms with E-state index in [0.29, 0.717) is 47.2 Å². The lowest BCUT2D eigenvalue weighted by molar-refractivity contribution is -0.150. The summed E-state index contributed by atoms with van der Waals surface area (Å²) in [7, 11) is 6.79. The van der Waals surface area contributed by atoms with E-state index in [9.17, 15) is 65.9 Å². The fourth-order valence-corrected chi connectivity index (χ4v) is 10.6. The number of benzene rings is 3. The number of carboxylic acids is 1. The first-order chi connectivity index (χ1) is 51.2. The molecule has 0 radical (unpaired) electrons. The van der Waals surface area contributed by atoms with Crippen molar-refractivity contribution in [1.29, 1.82) is 15.8 Å². The van der Waals surface area contributed by atoms with Crippen molar-refractivity contribution in [2.45, 2.75) is 103 Å². The van der Waals surface area contributed by atoms with Crippen LogP contribution in [0, 0.1) is 107 Å². The second-order valence-electron chi connectivity index (χ2n) is 23.0. The van der Waals surface area contributed by atoms with Crippen LogP contribution in [0.2, 0.25) is 0 Å². The van der Waals surface area contributed by atoms with Crippen LogP contribution >= 0.6 is 11.6 Å². The van der Waals surface area contributed by atoms with Gasteiger partial charge in [0.2, 0.25) is 0 Å². The fourth-order valence-electron chi connectivity index (χ4n) is 10.5. The molecule has 0 fully saturated rings. The number of rotatable bonds is 17. The molecule has 8 rings (SSSR count). The average molecular weight is 1490 g/mol. The molecule has 1 aliphatic rings. The quantitative estimate of drug-likeness (QED) is 0.0216. The Morgan fingerprint density at radius 3 is 1.14 bits per heavy atom. The van der Waals surface area contributed by atoms with Gasteiger partial charge in [0, 0.05) is 90.2 Å². The van der Waals surface area contributed by atoms with Gasteiger partial charge < -0.3 is 58.3 Å². The normalized spacial score (nSPS) is 10.9. The summed E-state index contributed by atoms with van der Waals surface area (Å²) >= 11 is 4.69. The van der Waals surface area contributed by atoms with Gasteiger partial charge in [0.25, 0.3) is 29.3 Å². The molecule has 26 nitrogen and oxygen atoms in total. The molecule has 564 valence electrons. The number of nitriles is 3. The molecule has 0 bridgehead atoms. The van der Waals surface area contributed by atoms with Gasteiger partial charge in [-0.25, -0.2) is 37.1 Å². The van der Waals surface area contributed by atoms with E-state index < -0.39 is 64.0 Å². The highest BCUT2D eigenvalue weighted by Gasteiger charge is 2.31. The van der Waals surface area contributed by atoms with Gasteiger partial charge in [0.1, 0.15) is 58.4 Å². The molecule has 3 aromatic carbocycles. The van der Waals surface area contributed by atoms with E-state index in [1.54, 1.807) is 57.5 Å². The molecule has 0 aliphatic heterocycles. The number of ether oxygens (including phenoxy) is 4. The number of carboxylic acid groups (broad SMARTS) is 1. The van der Waals surface area contributed by atoms with Crippen molar-refractivity contribution in [1.82, 2.24) is 18.3 Å². The van der Waals surface area contributed by atoms with Gasteiger partial charge in [0.15, 0.2) is 0 Å². The maximum Gasteiger partial charge on any atom is 0.391 e. The highest BCUT2D eigenvalue weighted by Crippen LogP contribution is 2.28. The van der Waals surface area contributed by atoms with Gasteiger partial charge >= 0.3 is 35.1 Å². The molecule has 3 amide bonds. The van der Waals surface area contributed by atoms with Crippen LogP contribution < -0.4 is 16.0 Å². The number of nitrogens with zero attached hydrogens (tertiary/aromatic N) is 7. The van der Waals surface area contributed by atoms with E-state index in [4.69, 9.17) is 52.6 Å². The number of hydrogen-bond acceptors (Lipinski definition) is 18. The molecule has 4 aromatic heterocycles. The SMILES string of the molecule is CCOC(=O)C(=O)Cl.CCOC(=O)C(=O)c1c(C)c(C(=O)Nc2ccc(F)c(C#N)c2)n(C)c1C.CCOC(=O)C1=C(C)C=C(C)C1.CCOC(=O)c1c(C)cc(C)n1C.Cc1c(C(=O)C(=O)O)c(C)n(C)c1C(=O)Nc1ccc(F)c(C#N)c1.Cc1cc(C)n(C)c1C(=O)Nc1ccc(F)c(C#N)c1.[2HH].[2HH].[2HH].[2H][2H].[2H][2H]. The summed E-state index contributed by atoms with van der Waals surface area (Å²) in [6, 6.07) is 20.1. The van der Waals surface area contributed by atoms with E-state index in [1.165, 1.54) is 72.0 Å². The van der Waals surface area contributed by atoms with E-state index in [-0.39, 0.29) is 91.5 Å². The molecule has 0 saturated carbocycles. The number of aryl methyl sites for hydroxylation is 4. The third-order valence-electron chi connectivity index (χ3n) is 15.8. The van der Waals surface area contributed by atoms with Crippen molar-refractivity contribution >= 4 is 93.0 Å². The smallest absolute Gasteiger partial charge is 0.391 e. The topological polar surface area (TPSA) is 372 Å². The fraction of sp³-hybridized carbons (Fsp3) is 0.307. The van der Waals surface area contributed by atoms with Gasteiger partial charge in [0.05, 0.1) is 54.2 Å². The van der Waals surface area contributed by atoms with Crippen LogP contribution in [0.25, 0.3) is 0 Å². The number of halogens is 4. The molecular formula is C75H90ClF3N10O16. The van der Waals surface area contributed by atoms with Gasteiger partial charge in [-0.2, -0.15) is 15.8 Å². The zero-order valence-corrected chi connectivity index (χ0v) is 61.9. The molecule has 0 atom stereocenters. The first-order valence-electron chi connectivity index (χ1n) is 33.9. The molecule has 7 aromatic rings. The minimum Gasteiger partial charge on any atom is -0.475 e. The van der Waals surface area contributed by atoms with Gasteiger partial charge in [-0.15, -0.1) is 0 Å². The number of aromatic nitrogens is 4. The Balaban J connectivity index is -0.00000130. The Labute approximate surface area is 619 Å². The molecule has 0 saturated heterocycles. The number of allylic oxidation sites excluding steroid dienone is 3. The number of nitrogens with one attached hydrogen (secondary N) is 3. The number of amides is 3. The van der Waals surface area contributed by atoms with Crippen LogP contribution in [-0.2, 0) is 71.1 Å². The number of aliphatic carboxylic acids is 1. The molecule has 4 N–H and O–H groups in total. The molecule has 1 aliphatic carbocycles. The Morgan fingerprint density at radius 1 is 0.495 bits per heavy atom. The minimum atomic E-state index is -1.61. The number of carbonyl (C=O) groups is 11. The van der Waals surface area contributed by atoms with Crippen molar-refractivity contribution in [2.75, 3.05) is 42.4 Å². The molecule has 105 heavy (non-hydrogen) atoms. The third kappa shape index (κ3) is 22.5. The van der Waals surface area contributed by atoms with Crippen LogP contribution in [-0.4, -0.2) is 114 Å². The highest BCUT2D eigenvalue weighted by atomic mass is 35.5. The van der Waals surface area contributed by atoms with Crippen molar-refractivity contribution in [2.24, 2.45) is 28.2 Å². The summed E-state index contributed by atoms with van der Waals surface area (Å²) < 4.78 is 85.3. The van der Waals surface area contributed by atoms with Crippen LogP contribution in [0.4, 0.5) is 30.2 Å². The highest BCUT2D eigenvalue weighted by molar-refractivity contribution is 6.80. The Hall–Kier alpha value is -12.4. The summed E-state index contributed by atoms with van der Waals surface area (Å²) in [4.78, 5) is 127. The van der Waals surface area contributed by atoms with Crippen LogP contribution in [0.3, 0.4) is 0 Å². The summed E-state index contributed by atoms with van der Waals surface area (Å²) in [5.41, 5.74) is 10.2. The summed E-state index contributed by atoms with van der Waals surface area (Å²) in [6.45, 7) is 25.7. The Kier molecular flexibility index (Phi) is 31.5. The number of anilines is 3. The second-order valence-corrected chi connectivity index (χ2v) is 23.3. The molecule has 4 heterocycles. The minimum absolute atomic E-state index is 0.